The van der Waals surface area contributed by atoms with Crippen molar-refractivity contribution in [3.8, 4) is 11.5 Å². The van der Waals surface area contributed by atoms with Gasteiger partial charge in [-0.05, 0) is 57.1 Å². The highest BCUT2D eigenvalue weighted by atomic mass is 28.3. The van der Waals surface area contributed by atoms with Crippen LogP contribution >= 0.6 is 0 Å². The van der Waals surface area contributed by atoms with Crippen LogP contribution in [0.2, 0.25) is 0 Å². The first-order valence-electron chi connectivity index (χ1n) is 15.9. The van der Waals surface area contributed by atoms with Crippen molar-refractivity contribution >= 4 is 69.0 Å². The van der Waals surface area contributed by atoms with Crippen LogP contribution < -0.4 is 46.8 Å². The van der Waals surface area contributed by atoms with Crippen LogP contribution in [0.25, 0.3) is 0 Å². The Morgan fingerprint density at radius 3 is 1.37 bits per heavy atom. The molecule has 0 saturated carbocycles. The molecule has 46 heavy (non-hydrogen) atoms. The molecule has 0 bridgehead atoms. The largest absolute Gasteiger partial charge is 0.453 e. The Morgan fingerprint density at radius 2 is 0.848 bits per heavy atom. The Bertz CT molecular complexity index is 2070. The molecule has 0 radical (unpaired) electrons. The second-order valence-electron chi connectivity index (χ2n) is 12.1. The first-order chi connectivity index (χ1) is 22.8. The summed E-state index contributed by atoms with van der Waals surface area (Å²) < 4.78 is 6.28. The van der Waals surface area contributed by atoms with Crippen LogP contribution in [0.5, 0.6) is 11.5 Å². The fourth-order valence-corrected chi connectivity index (χ4v) is 13.1. The maximum Gasteiger partial charge on any atom is 0.240 e. The number of anilines is 3. The Labute approximate surface area is 271 Å². The molecular weight excluding hydrogens is 573 g/mol. The zero-order chi connectivity index (χ0) is 30.5. The lowest BCUT2D eigenvalue weighted by Crippen LogP contribution is -2.86. The molecule has 2 nitrogen and oxygen atoms in total. The smallest absolute Gasteiger partial charge is 0.240 e. The zero-order valence-corrected chi connectivity index (χ0v) is 26.3. The van der Waals surface area contributed by atoms with Gasteiger partial charge in [-0.3, -0.25) is 0 Å². The molecule has 0 unspecified atom stereocenters. The van der Waals surface area contributed by atoms with Crippen LogP contribution in [0.4, 0.5) is 17.1 Å². The van der Waals surface area contributed by atoms with Gasteiger partial charge < -0.3 is 9.64 Å². The van der Waals surface area contributed by atoms with Gasteiger partial charge in [0.2, 0.25) is 6.71 Å². The maximum absolute atomic E-state index is 6.28. The quantitative estimate of drug-likeness (QED) is 0.248. The standard InChI is InChI=1S/C42H30BNOSi/c1-3-15-33(16-4-1)46(34-17-5-2-6-18-34)41-25-13-7-19-35(41)43(36-20-8-14-26-42(36)46)31-27-29-32(30-28-31)44-37-21-9-11-23-39(37)45-40-24-12-10-22-38(40)44/h1-30H. The number of para-hydroxylation sites is 4. The molecule has 0 saturated heterocycles. The van der Waals surface area contributed by atoms with Crippen LogP contribution in [0, 0.1) is 0 Å². The first-order valence-corrected chi connectivity index (χ1v) is 17.9. The second-order valence-corrected chi connectivity index (χ2v) is 15.8. The average molecular weight is 604 g/mol. The summed E-state index contributed by atoms with van der Waals surface area (Å²) in [6, 6.07) is 66.6. The molecule has 2 aliphatic heterocycles. The van der Waals surface area contributed by atoms with E-state index in [0.717, 1.165) is 28.6 Å². The Kier molecular flexibility index (Phi) is 6.29. The third kappa shape index (κ3) is 3.97. The van der Waals surface area contributed by atoms with Crippen LogP contribution in [-0.4, -0.2) is 14.8 Å². The summed E-state index contributed by atoms with van der Waals surface area (Å²) >= 11 is 0. The van der Waals surface area contributed by atoms with E-state index in [1.165, 1.54) is 37.1 Å². The van der Waals surface area contributed by atoms with E-state index in [1.807, 2.05) is 24.3 Å². The van der Waals surface area contributed by atoms with E-state index in [-0.39, 0.29) is 6.71 Å². The summed E-state index contributed by atoms with van der Waals surface area (Å²) in [5.74, 6) is 1.73. The summed E-state index contributed by atoms with van der Waals surface area (Å²) in [5, 5.41) is 5.77. The van der Waals surface area contributed by atoms with E-state index in [1.54, 1.807) is 0 Å². The highest BCUT2D eigenvalue weighted by Crippen LogP contribution is 2.49. The van der Waals surface area contributed by atoms with Gasteiger partial charge in [-0.25, -0.2) is 0 Å². The van der Waals surface area contributed by atoms with Gasteiger partial charge in [-0.1, -0.05) is 162 Å². The van der Waals surface area contributed by atoms with Crippen molar-refractivity contribution in [1.29, 1.82) is 0 Å². The summed E-state index contributed by atoms with van der Waals surface area (Å²) in [5.41, 5.74) is 7.29. The predicted octanol–water partition coefficient (Wildman–Crippen LogP) is 5.47. The summed E-state index contributed by atoms with van der Waals surface area (Å²) in [4.78, 5) is 2.31. The molecule has 9 rings (SSSR count). The van der Waals surface area contributed by atoms with Gasteiger partial charge in [0, 0.05) is 5.69 Å². The van der Waals surface area contributed by atoms with Crippen molar-refractivity contribution in [1.82, 2.24) is 0 Å². The molecule has 2 heterocycles. The van der Waals surface area contributed by atoms with Gasteiger partial charge in [0.15, 0.2) is 19.6 Å². The Morgan fingerprint density at radius 1 is 0.413 bits per heavy atom. The molecule has 216 valence electrons. The molecule has 0 atom stereocenters. The summed E-state index contributed by atoms with van der Waals surface area (Å²) in [6.07, 6.45) is 0. The number of hydrogen-bond donors (Lipinski definition) is 0. The number of hydrogen-bond acceptors (Lipinski definition) is 2. The second kappa shape index (κ2) is 10.8. The van der Waals surface area contributed by atoms with Crippen LogP contribution in [-0.2, 0) is 0 Å². The zero-order valence-electron chi connectivity index (χ0n) is 25.3. The molecule has 0 spiro atoms. The van der Waals surface area contributed by atoms with Crippen LogP contribution in [0.15, 0.2) is 182 Å². The molecule has 0 aromatic heterocycles. The minimum absolute atomic E-state index is 0.124. The van der Waals surface area contributed by atoms with E-state index in [0.29, 0.717) is 0 Å². The Hall–Kier alpha value is -5.58. The minimum Gasteiger partial charge on any atom is -0.453 e. The van der Waals surface area contributed by atoms with Gasteiger partial charge in [0.1, 0.15) is 0 Å². The highest BCUT2D eigenvalue weighted by molar-refractivity contribution is 7.26. The van der Waals surface area contributed by atoms with Crippen molar-refractivity contribution in [3.05, 3.63) is 182 Å². The monoisotopic (exact) mass is 603 g/mol. The number of rotatable bonds is 4. The predicted molar refractivity (Wildman–Crippen MR) is 196 cm³/mol. The fraction of sp³-hybridized carbons (Fsp3) is 0. The molecule has 2 aliphatic rings. The number of fused-ring (bicyclic) bond motifs is 4. The Balaban J connectivity index is 1.23. The molecule has 4 heteroatoms. The molecule has 0 N–H and O–H groups in total. The van der Waals surface area contributed by atoms with Crippen molar-refractivity contribution in [2.45, 2.75) is 0 Å². The number of ether oxygens (including phenoxy) is 1. The lowest BCUT2D eigenvalue weighted by Gasteiger charge is -2.42. The fourth-order valence-electron chi connectivity index (χ4n) is 7.82. The van der Waals surface area contributed by atoms with Crippen molar-refractivity contribution in [2.75, 3.05) is 4.90 Å². The van der Waals surface area contributed by atoms with E-state index in [9.17, 15) is 0 Å². The van der Waals surface area contributed by atoms with Gasteiger partial charge in [0.25, 0.3) is 0 Å². The normalized spacial score (nSPS) is 13.9. The van der Waals surface area contributed by atoms with E-state index in [2.05, 4.69) is 163 Å². The summed E-state index contributed by atoms with van der Waals surface area (Å²) in [7, 11) is -2.59. The van der Waals surface area contributed by atoms with Crippen LogP contribution in [0.1, 0.15) is 0 Å². The van der Waals surface area contributed by atoms with Crippen molar-refractivity contribution < 1.29 is 4.74 Å². The van der Waals surface area contributed by atoms with Gasteiger partial charge in [-0.15, -0.1) is 0 Å². The molecule has 7 aromatic rings. The van der Waals surface area contributed by atoms with E-state index >= 15 is 0 Å². The third-order valence-electron chi connectivity index (χ3n) is 9.68. The number of nitrogens with zero attached hydrogens (tertiary/aromatic N) is 1. The SMILES string of the molecule is c1ccc([Si]2(c3ccccc3)c3ccccc3B(c3ccc(N4c5ccccc5Oc5ccccc54)cc3)c3ccccc32)cc1. The van der Waals surface area contributed by atoms with Gasteiger partial charge in [-0.2, -0.15) is 0 Å². The van der Waals surface area contributed by atoms with Crippen molar-refractivity contribution in [2.24, 2.45) is 0 Å². The highest BCUT2D eigenvalue weighted by Gasteiger charge is 2.49. The number of benzene rings is 7. The minimum atomic E-state index is -2.59. The van der Waals surface area contributed by atoms with Gasteiger partial charge in [0.05, 0.1) is 11.4 Å². The summed E-state index contributed by atoms with van der Waals surface area (Å²) in [6.45, 7) is 0.124. The molecule has 0 aliphatic carbocycles. The third-order valence-corrected chi connectivity index (χ3v) is 14.6. The van der Waals surface area contributed by atoms with E-state index < -0.39 is 8.07 Å². The molecule has 0 fully saturated rings. The first kappa shape index (κ1) is 26.8. The van der Waals surface area contributed by atoms with Crippen LogP contribution in [0.3, 0.4) is 0 Å². The maximum atomic E-state index is 6.28. The molecular formula is C42H30BNOSi. The van der Waals surface area contributed by atoms with Gasteiger partial charge >= 0.3 is 0 Å². The lowest BCUT2D eigenvalue weighted by atomic mass is 9.36. The topological polar surface area (TPSA) is 12.5 Å². The molecule has 0 amide bonds. The van der Waals surface area contributed by atoms with Crippen molar-refractivity contribution in [3.63, 3.8) is 0 Å². The average Bonchev–Trinajstić information content (AvgIpc) is 3.14. The molecule has 7 aromatic carbocycles. The lowest BCUT2D eigenvalue weighted by molar-refractivity contribution is 0.477. The van der Waals surface area contributed by atoms with E-state index in [4.69, 9.17) is 4.74 Å².